The van der Waals surface area contributed by atoms with Crippen molar-refractivity contribution in [1.29, 1.82) is 0 Å². The quantitative estimate of drug-likeness (QED) is 0.760. The van der Waals surface area contributed by atoms with E-state index in [0.29, 0.717) is 5.75 Å². The van der Waals surface area contributed by atoms with E-state index in [1.165, 1.54) is 25.7 Å². The summed E-state index contributed by atoms with van der Waals surface area (Å²) >= 11 is 6.05. The van der Waals surface area contributed by atoms with E-state index in [4.69, 9.17) is 16.3 Å². The maximum Gasteiger partial charge on any atom is 0.260 e. The molecule has 1 N–H and O–H groups in total. The first-order valence-electron chi connectivity index (χ1n) is 7.97. The van der Waals surface area contributed by atoms with Gasteiger partial charge >= 0.3 is 0 Å². The number of hydrogen-bond donors (Lipinski definition) is 1. The first-order valence-corrected chi connectivity index (χ1v) is 10.2. The zero-order chi connectivity index (χ0) is 18.4. The maximum absolute atomic E-state index is 12.1. The summed E-state index contributed by atoms with van der Waals surface area (Å²) in [4.78, 5) is 12.1. The molecular formula is C16H22ClN3O4S. The highest BCUT2D eigenvalue weighted by Gasteiger charge is 2.22. The van der Waals surface area contributed by atoms with Gasteiger partial charge in [-0.15, -0.1) is 0 Å². The van der Waals surface area contributed by atoms with Crippen molar-refractivity contribution >= 4 is 38.9 Å². The Balaban J connectivity index is 2.13. The number of rotatable bonds is 6. The van der Waals surface area contributed by atoms with Crippen LogP contribution in [0.25, 0.3) is 0 Å². The minimum Gasteiger partial charge on any atom is -0.495 e. The molecule has 0 atom stereocenters. The van der Waals surface area contributed by atoms with Crippen LogP contribution < -0.4 is 14.5 Å². The van der Waals surface area contributed by atoms with Crippen molar-refractivity contribution in [2.75, 3.05) is 24.2 Å². The van der Waals surface area contributed by atoms with Crippen LogP contribution in [0.2, 0.25) is 5.02 Å². The number of anilines is 1. The fraction of sp³-hybridized carbons (Fsp3) is 0.500. The highest BCUT2D eigenvalue weighted by Crippen LogP contribution is 2.30. The number of sulfonamides is 1. The predicted octanol–water partition coefficient (Wildman–Crippen LogP) is 2.55. The Morgan fingerprint density at radius 1 is 1.32 bits per heavy atom. The average molecular weight is 388 g/mol. The van der Waals surface area contributed by atoms with Crippen molar-refractivity contribution in [2.45, 2.75) is 32.1 Å². The molecule has 0 radical (unpaired) electrons. The molecule has 25 heavy (non-hydrogen) atoms. The van der Waals surface area contributed by atoms with E-state index in [-0.39, 0.29) is 17.3 Å². The summed E-state index contributed by atoms with van der Waals surface area (Å²) < 4.78 is 30.2. The summed E-state index contributed by atoms with van der Waals surface area (Å²) in [5.74, 6) is -0.0811. The predicted molar refractivity (Wildman–Crippen MR) is 98.9 cm³/mol. The molecule has 1 fully saturated rings. The molecule has 0 aromatic heterocycles. The molecule has 138 valence electrons. The monoisotopic (exact) mass is 387 g/mol. The number of carbonyl (C=O) groups excluding carboxylic acids is 1. The number of hydrogen-bond acceptors (Lipinski definition) is 5. The van der Waals surface area contributed by atoms with Crippen molar-refractivity contribution in [3.8, 4) is 5.75 Å². The van der Waals surface area contributed by atoms with Crippen LogP contribution in [0.1, 0.15) is 32.1 Å². The van der Waals surface area contributed by atoms with Gasteiger partial charge in [-0.2, -0.15) is 5.10 Å². The van der Waals surface area contributed by atoms with Gasteiger partial charge in [-0.25, -0.2) is 13.8 Å². The lowest BCUT2D eigenvalue weighted by molar-refractivity contribution is -0.119. The van der Waals surface area contributed by atoms with Gasteiger partial charge in [0.15, 0.2) is 0 Å². The molecule has 0 spiro atoms. The van der Waals surface area contributed by atoms with Gasteiger partial charge in [-0.3, -0.25) is 9.10 Å². The lowest BCUT2D eigenvalue weighted by Crippen LogP contribution is -2.39. The van der Waals surface area contributed by atoms with Crippen molar-refractivity contribution in [3.05, 3.63) is 23.2 Å². The van der Waals surface area contributed by atoms with Crippen LogP contribution >= 0.6 is 11.6 Å². The molecule has 1 aromatic carbocycles. The van der Waals surface area contributed by atoms with Gasteiger partial charge in [-0.1, -0.05) is 18.0 Å². The van der Waals surface area contributed by atoms with Gasteiger partial charge < -0.3 is 4.74 Å². The standard InChI is InChI=1S/C16H22ClN3O4S/c1-24-15-9-8-13(10-14(15)17)20(25(2,22)23)11-16(21)19-18-12-6-4-3-5-7-12/h8-10H,3-7,11H2,1-2H3,(H,19,21). The van der Waals surface area contributed by atoms with Gasteiger partial charge in [0.25, 0.3) is 5.91 Å². The second kappa shape index (κ2) is 8.53. The van der Waals surface area contributed by atoms with Crippen LogP contribution in [-0.2, 0) is 14.8 Å². The molecule has 0 bridgehead atoms. The molecule has 2 rings (SSSR count). The number of methoxy groups -OCH3 is 1. The molecular weight excluding hydrogens is 366 g/mol. The van der Waals surface area contributed by atoms with Gasteiger partial charge in [0.2, 0.25) is 10.0 Å². The third kappa shape index (κ3) is 5.61. The van der Waals surface area contributed by atoms with E-state index in [0.717, 1.165) is 42.0 Å². The Morgan fingerprint density at radius 3 is 2.56 bits per heavy atom. The molecule has 9 heteroatoms. The smallest absolute Gasteiger partial charge is 0.260 e. The topological polar surface area (TPSA) is 88.1 Å². The molecule has 1 aromatic rings. The summed E-state index contributed by atoms with van der Waals surface area (Å²) in [5.41, 5.74) is 3.68. The summed E-state index contributed by atoms with van der Waals surface area (Å²) in [6, 6.07) is 4.53. The minimum absolute atomic E-state index is 0.261. The van der Waals surface area contributed by atoms with E-state index in [1.54, 1.807) is 6.07 Å². The lowest BCUT2D eigenvalue weighted by atomic mass is 9.99. The second-order valence-corrected chi connectivity index (χ2v) is 8.18. The Labute approximate surface area is 153 Å². The molecule has 0 saturated heterocycles. The number of nitrogens with one attached hydrogen (secondary N) is 1. The zero-order valence-corrected chi connectivity index (χ0v) is 15.9. The molecule has 1 aliphatic rings. The summed E-state index contributed by atoms with van der Waals surface area (Å²) in [5, 5.41) is 4.37. The summed E-state index contributed by atoms with van der Waals surface area (Å²) in [6.45, 7) is -0.377. The van der Waals surface area contributed by atoms with Gasteiger partial charge in [0.05, 0.1) is 24.1 Å². The number of hydrazone groups is 1. The molecule has 1 aliphatic carbocycles. The van der Waals surface area contributed by atoms with Crippen molar-refractivity contribution in [3.63, 3.8) is 0 Å². The largest absolute Gasteiger partial charge is 0.495 e. The number of ether oxygens (including phenoxy) is 1. The van der Waals surface area contributed by atoms with E-state index < -0.39 is 15.9 Å². The Kier molecular flexibility index (Phi) is 6.66. The summed E-state index contributed by atoms with van der Waals surface area (Å²) in [7, 11) is -2.20. The third-order valence-corrected chi connectivity index (χ3v) is 5.32. The Hall–Kier alpha value is -1.80. The fourth-order valence-electron chi connectivity index (χ4n) is 2.59. The van der Waals surface area contributed by atoms with Crippen molar-refractivity contribution < 1.29 is 17.9 Å². The van der Waals surface area contributed by atoms with Gasteiger partial charge in [0.1, 0.15) is 12.3 Å². The van der Waals surface area contributed by atoms with E-state index in [9.17, 15) is 13.2 Å². The van der Waals surface area contributed by atoms with Gasteiger partial charge in [-0.05, 0) is 43.9 Å². The van der Waals surface area contributed by atoms with E-state index in [1.807, 2.05) is 0 Å². The molecule has 0 unspecified atom stereocenters. The number of halogens is 1. The number of nitrogens with zero attached hydrogens (tertiary/aromatic N) is 2. The molecule has 0 heterocycles. The number of benzene rings is 1. The zero-order valence-electron chi connectivity index (χ0n) is 14.3. The molecule has 7 nitrogen and oxygen atoms in total. The number of carbonyl (C=O) groups is 1. The van der Waals surface area contributed by atoms with Crippen molar-refractivity contribution in [1.82, 2.24) is 5.43 Å². The summed E-state index contributed by atoms with van der Waals surface area (Å²) in [6.07, 6.45) is 6.07. The van der Waals surface area contributed by atoms with E-state index in [2.05, 4.69) is 10.5 Å². The maximum atomic E-state index is 12.1. The van der Waals surface area contributed by atoms with Crippen LogP contribution in [0.3, 0.4) is 0 Å². The van der Waals surface area contributed by atoms with Gasteiger partial charge in [0, 0.05) is 5.71 Å². The first-order chi connectivity index (χ1) is 11.8. The normalized spacial score (nSPS) is 14.8. The Morgan fingerprint density at radius 2 is 2.00 bits per heavy atom. The second-order valence-electron chi connectivity index (χ2n) is 5.86. The average Bonchev–Trinajstić information content (AvgIpc) is 2.57. The van der Waals surface area contributed by atoms with E-state index >= 15 is 0 Å². The van der Waals surface area contributed by atoms with Crippen LogP contribution in [-0.4, -0.2) is 39.9 Å². The van der Waals surface area contributed by atoms with Crippen LogP contribution in [0, 0.1) is 0 Å². The molecule has 0 aliphatic heterocycles. The van der Waals surface area contributed by atoms with Crippen LogP contribution in [0.4, 0.5) is 5.69 Å². The minimum atomic E-state index is -3.67. The molecule has 1 amide bonds. The highest BCUT2D eigenvalue weighted by molar-refractivity contribution is 7.92. The first kappa shape index (κ1) is 19.5. The van der Waals surface area contributed by atoms with Crippen molar-refractivity contribution in [2.24, 2.45) is 5.10 Å². The number of amides is 1. The third-order valence-electron chi connectivity index (χ3n) is 3.88. The SMILES string of the molecule is COc1ccc(N(CC(=O)NN=C2CCCCC2)S(C)(=O)=O)cc1Cl. The molecule has 1 saturated carbocycles. The lowest BCUT2D eigenvalue weighted by Gasteiger charge is -2.22. The fourth-order valence-corrected chi connectivity index (χ4v) is 3.69. The highest BCUT2D eigenvalue weighted by atomic mass is 35.5. The Bertz CT molecular complexity index is 757. The van der Waals surface area contributed by atoms with Crippen LogP contribution in [0.15, 0.2) is 23.3 Å². The van der Waals surface area contributed by atoms with Crippen LogP contribution in [0.5, 0.6) is 5.75 Å².